The average molecular weight is 316 g/mol. The van der Waals surface area contributed by atoms with Crippen molar-refractivity contribution in [3.63, 3.8) is 0 Å². The summed E-state index contributed by atoms with van der Waals surface area (Å²) in [5.41, 5.74) is 1.27. The maximum Gasteiger partial charge on any atom is 0.244 e. The van der Waals surface area contributed by atoms with Gasteiger partial charge in [-0.3, -0.25) is 5.10 Å². The Morgan fingerprint density at radius 1 is 1.35 bits per heavy atom. The van der Waals surface area contributed by atoms with E-state index >= 15 is 0 Å². The van der Waals surface area contributed by atoms with Gasteiger partial charge >= 0.3 is 0 Å². The van der Waals surface area contributed by atoms with Crippen LogP contribution in [-0.2, 0) is 23.2 Å². The molecule has 0 amide bonds. The van der Waals surface area contributed by atoms with Crippen LogP contribution < -0.4 is 4.72 Å². The van der Waals surface area contributed by atoms with Gasteiger partial charge in [0, 0.05) is 11.6 Å². The zero-order valence-electron chi connectivity index (χ0n) is 10.7. The minimum absolute atomic E-state index is 0.00559. The van der Waals surface area contributed by atoms with Crippen LogP contribution in [0.25, 0.3) is 0 Å². The average Bonchev–Trinajstić information content (AvgIpc) is 2.80. The van der Waals surface area contributed by atoms with E-state index in [1.165, 1.54) is 0 Å². The molecule has 0 aliphatic rings. The SMILES string of the molecule is Cc1[nH]nc(CO)c1S(=O)(=O)NCc1ccc(Cl)cc1. The smallest absolute Gasteiger partial charge is 0.244 e. The van der Waals surface area contributed by atoms with Gasteiger partial charge in [-0.15, -0.1) is 0 Å². The molecule has 20 heavy (non-hydrogen) atoms. The number of aromatic nitrogens is 2. The molecule has 6 nitrogen and oxygen atoms in total. The van der Waals surface area contributed by atoms with E-state index in [0.717, 1.165) is 5.56 Å². The number of H-pyrrole nitrogens is 1. The zero-order valence-corrected chi connectivity index (χ0v) is 12.3. The van der Waals surface area contributed by atoms with E-state index in [-0.39, 0.29) is 17.1 Å². The molecule has 0 bridgehead atoms. The molecule has 0 radical (unpaired) electrons. The summed E-state index contributed by atoms with van der Waals surface area (Å²) >= 11 is 5.76. The number of hydrogen-bond acceptors (Lipinski definition) is 4. The molecule has 1 aromatic heterocycles. The number of sulfonamides is 1. The van der Waals surface area contributed by atoms with Crippen molar-refractivity contribution in [1.82, 2.24) is 14.9 Å². The first-order valence-corrected chi connectivity index (χ1v) is 7.69. The molecular formula is C12H14ClN3O3S. The Labute approximate surface area is 121 Å². The monoisotopic (exact) mass is 315 g/mol. The van der Waals surface area contributed by atoms with E-state index in [1.54, 1.807) is 31.2 Å². The van der Waals surface area contributed by atoms with Crippen molar-refractivity contribution >= 4 is 21.6 Å². The number of nitrogens with zero attached hydrogens (tertiary/aromatic N) is 1. The van der Waals surface area contributed by atoms with Gasteiger partial charge < -0.3 is 5.11 Å². The molecule has 0 saturated heterocycles. The third-order valence-electron chi connectivity index (χ3n) is 2.76. The topological polar surface area (TPSA) is 95.1 Å². The molecule has 2 rings (SSSR count). The Hall–Kier alpha value is -1.41. The molecule has 1 heterocycles. The summed E-state index contributed by atoms with van der Waals surface area (Å²) in [6.45, 7) is 1.28. The van der Waals surface area contributed by atoms with Gasteiger partial charge in [0.1, 0.15) is 10.6 Å². The van der Waals surface area contributed by atoms with Gasteiger partial charge in [0.05, 0.1) is 12.3 Å². The Morgan fingerprint density at radius 3 is 2.60 bits per heavy atom. The highest BCUT2D eigenvalue weighted by molar-refractivity contribution is 7.89. The van der Waals surface area contributed by atoms with Gasteiger partial charge in [-0.1, -0.05) is 23.7 Å². The molecule has 0 aliphatic heterocycles. The van der Waals surface area contributed by atoms with Crippen LogP contribution in [0.3, 0.4) is 0 Å². The number of aliphatic hydroxyl groups excluding tert-OH is 1. The largest absolute Gasteiger partial charge is 0.390 e. The minimum Gasteiger partial charge on any atom is -0.390 e. The molecular weight excluding hydrogens is 302 g/mol. The number of benzene rings is 1. The van der Waals surface area contributed by atoms with Crippen molar-refractivity contribution in [3.05, 3.63) is 46.2 Å². The Balaban J connectivity index is 2.19. The lowest BCUT2D eigenvalue weighted by Crippen LogP contribution is -2.24. The van der Waals surface area contributed by atoms with E-state index in [2.05, 4.69) is 14.9 Å². The number of aromatic amines is 1. The lowest BCUT2D eigenvalue weighted by Gasteiger charge is -2.07. The number of nitrogens with one attached hydrogen (secondary N) is 2. The molecule has 108 valence electrons. The van der Waals surface area contributed by atoms with Crippen LogP contribution in [0.5, 0.6) is 0 Å². The van der Waals surface area contributed by atoms with Crippen LogP contribution in [-0.4, -0.2) is 23.7 Å². The van der Waals surface area contributed by atoms with Crippen molar-refractivity contribution in [1.29, 1.82) is 0 Å². The van der Waals surface area contributed by atoms with Crippen LogP contribution in [0.15, 0.2) is 29.2 Å². The fourth-order valence-corrected chi connectivity index (χ4v) is 3.28. The Morgan fingerprint density at radius 2 is 2.00 bits per heavy atom. The number of aryl methyl sites for hydroxylation is 1. The van der Waals surface area contributed by atoms with Crippen LogP contribution in [0.2, 0.25) is 5.02 Å². The molecule has 8 heteroatoms. The highest BCUT2D eigenvalue weighted by atomic mass is 35.5. The fourth-order valence-electron chi connectivity index (χ4n) is 1.79. The summed E-state index contributed by atoms with van der Waals surface area (Å²) in [7, 11) is -3.74. The van der Waals surface area contributed by atoms with E-state index < -0.39 is 16.6 Å². The maximum absolute atomic E-state index is 12.2. The van der Waals surface area contributed by atoms with E-state index in [4.69, 9.17) is 16.7 Å². The van der Waals surface area contributed by atoms with Gasteiger partial charge in [-0.2, -0.15) is 5.10 Å². The van der Waals surface area contributed by atoms with Gasteiger partial charge in [0.25, 0.3) is 0 Å². The summed E-state index contributed by atoms with van der Waals surface area (Å²) in [6.07, 6.45) is 0. The second-order valence-electron chi connectivity index (χ2n) is 4.23. The number of aliphatic hydroxyl groups is 1. The van der Waals surface area contributed by atoms with Crippen molar-refractivity contribution in [2.75, 3.05) is 0 Å². The van der Waals surface area contributed by atoms with Gasteiger partial charge in [-0.25, -0.2) is 13.1 Å². The third kappa shape index (κ3) is 3.18. The van der Waals surface area contributed by atoms with Crippen molar-refractivity contribution in [3.8, 4) is 0 Å². The van der Waals surface area contributed by atoms with Gasteiger partial charge in [0.2, 0.25) is 10.0 Å². The summed E-state index contributed by atoms with van der Waals surface area (Å²) in [4.78, 5) is -0.00559. The second-order valence-corrected chi connectivity index (χ2v) is 6.37. The lowest BCUT2D eigenvalue weighted by molar-refractivity contribution is 0.273. The molecule has 1 aromatic carbocycles. The third-order valence-corrected chi connectivity index (χ3v) is 4.61. The summed E-state index contributed by atoms with van der Waals surface area (Å²) in [5, 5.41) is 16.0. The summed E-state index contributed by atoms with van der Waals surface area (Å²) < 4.78 is 26.9. The molecule has 0 atom stereocenters. The first-order chi connectivity index (χ1) is 9.44. The molecule has 0 fully saturated rings. The maximum atomic E-state index is 12.2. The highest BCUT2D eigenvalue weighted by Crippen LogP contribution is 2.18. The number of rotatable bonds is 5. The Kier molecular flexibility index (Phi) is 4.44. The molecule has 3 N–H and O–H groups in total. The molecule has 2 aromatic rings. The minimum atomic E-state index is -3.74. The van der Waals surface area contributed by atoms with Crippen molar-refractivity contribution in [2.24, 2.45) is 0 Å². The van der Waals surface area contributed by atoms with E-state index in [9.17, 15) is 8.42 Å². The van der Waals surface area contributed by atoms with Crippen molar-refractivity contribution in [2.45, 2.75) is 25.0 Å². The predicted molar refractivity (Wildman–Crippen MR) is 74.7 cm³/mol. The van der Waals surface area contributed by atoms with Crippen LogP contribution in [0.4, 0.5) is 0 Å². The second kappa shape index (κ2) is 5.92. The van der Waals surface area contributed by atoms with Gasteiger partial charge in [-0.05, 0) is 24.6 Å². The van der Waals surface area contributed by atoms with Gasteiger partial charge in [0.15, 0.2) is 0 Å². The van der Waals surface area contributed by atoms with Crippen molar-refractivity contribution < 1.29 is 13.5 Å². The van der Waals surface area contributed by atoms with Crippen LogP contribution in [0, 0.1) is 6.92 Å². The standard InChI is InChI=1S/C12H14ClN3O3S/c1-8-12(11(7-17)16-15-8)20(18,19)14-6-9-2-4-10(13)5-3-9/h2-5,14,17H,6-7H2,1H3,(H,15,16). The Bertz CT molecular complexity index is 695. The molecule has 0 spiro atoms. The molecule has 0 unspecified atom stereocenters. The van der Waals surface area contributed by atoms with E-state index in [1.807, 2.05) is 0 Å². The predicted octanol–water partition coefficient (Wildman–Crippen LogP) is 1.34. The fraction of sp³-hybridized carbons (Fsp3) is 0.250. The normalized spacial score (nSPS) is 11.8. The first kappa shape index (κ1) is 15.0. The number of halogens is 1. The van der Waals surface area contributed by atoms with Crippen LogP contribution in [0.1, 0.15) is 17.0 Å². The van der Waals surface area contributed by atoms with Crippen LogP contribution >= 0.6 is 11.6 Å². The highest BCUT2D eigenvalue weighted by Gasteiger charge is 2.23. The molecule has 0 saturated carbocycles. The first-order valence-electron chi connectivity index (χ1n) is 5.83. The van der Waals surface area contributed by atoms with E-state index in [0.29, 0.717) is 10.7 Å². The summed E-state index contributed by atoms with van der Waals surface area (Å²) in [6, 6.07) is 6.85. The molecule has 0 aliphatic carbocycles. The number of hydrogen-bond donors (Lipinski definition) is 3. The quantitative estimate of drug-likeness (QED) is 0.776. The zero-order chi connectivity index (χ0) is 14.8. The lowest BCUT2D eigenvalue weighted by atomic mass is 10.2. The summed E-state index contributed by atoms with van der Waals surface area (Å²) in [5.74, 6) is 0.